The summed E-state index contributed by atoms with van der Waals surface area (Å²) in [4.78, 5) is 11.6. The van der Waals surface area contributed by atoms with Gasteiger partial charge in [-0.05, 0) is 23.6 Å². The van der Waals surface area contributed by atoms with Gasteiger partial charge in [0.2, 0.25) is 0 Å². The van der Waals surface area contributed by atoms with Crippen LogP contribution in [0.2, 0.25) is 0 Å². The normalized spacial score (nSPS) is 13.1. The van der Waals surface area contributed by atoms with Gasteiger partial charge in [0.1, 0.15) is 0 Å². The van der Waals surface area contributed by atoms with E-state index >= 15 is 0 Å². The molecule has 0 saturated carbocycles. The first-order valence-electron chi connectivity index (χ1n) is 6.75. The molecule has 2 amide bonds. The van der Waals surface area contributed by atoms with E-state index in [2.05, 4.69) is 10.6 Å². The summed E-state index contributed by atoms with van der Waals surface area (Å²) in [6.45, 7) is 4.57. The van der Waals surface area contributed by atoms with Crippen molar-refractivity contribution in [3.05, 3.63) is 35.4 Å². The van der Waals surface area contributed by atoms with Crippen LogP contribution >= 0.6 is 0 Å². The maximum Gasteiger partial charge on any atom is 0.315 e. The number of carbonyl (C=O) groups is 1. The van der Waals surface area contributed by atoms with E-state index in [0.717, 1.165) is 12.0 Å². The number of nitrogens with one attached hydrogen (secondary N) is 2. The van der Waals surface area contributed by atoms with E-state index in [9.17, 15) is 9.90 Å². The molecular formula is C15H21N3O2. The molecule has 0 aromatic heterocycles. The zero-order chi connectivity index (χ0) is 15.0. The van der Waals surface area contributed by atoms with Gasteiger partial charge in [-0.2, -0.15) is 5.26 Å². The fraction of sp³-hybridized carbons (Fsp3) is 0.467. The van der Waals surface area contributed by atoms with Crippen LogP contribution in [0.3, 0.4) is 0 Å². The minimum Gasteiger partial charge on any atom is -0.391 e. The number of amides is 2. The van der Waals surface area contributed by atoms with Gasteiger partial charge in [-0.15, -0.1) is 0 Å². The Labute approximate surface area is 119 Å². The Morgan fingerprint density at radius 2 is 2.00 bits per heavy atom. The van der Waals surface area contributed by atoms with Crippen LogP contribution in [0.15, 0.2) is 24.3 Å². The molecule has 1 aromatic carbocycles. The molecule has 0 heterocycles. The number of aliphatic hydroxyl groups is 1. The Kier molecular flexibility index (Phi) is 6.54. The Bertz CT molecular complexity index is 465. The van der Waals surface area contributed by atoms with Crippen LogP contribution in [0.4, 0.5) is 4.79 Å². The second-order valence-corrected chi connectivity index (χ2v) is 4.83. The first-order chi connectivity index (χ1) is 9.56. The molecule has 2 atom stereocenters. The van der Waals surface area contributed by atoms with Gasteiger partial charge in [0.25, 0.3) is 0 Å². The Morgan fingerprint density at radius 1 is 1.35 bits per heavy atom. The van der Waals surface area contributed by atoms with Gasteiger partial charge >= 0.3 is 6.03 Å². The molecule has 0 fully saturated rings. The Morgan fingerprint density at radius 3 is 2.55 bits per heavy atom. The van der Waals surface area contributed by atoms with Gasteiger partial charge in [0, 0.05) is 13.1 Å². The summed E-state index contributed by atoms with van der Waals surface area (Å²) in [6.07, 6.45) is 0.344. The molecule has 0 radical (unpaired) electrons. The van der Waals surface area contributed by atoms with Crippen molar-refractivity contribution in [2.75, 3.05) is 6.54 Å². The molecule has 0 bridgehead atoms. The number of nitriles is 1. The van der Waals surface area contributed by atoms with Crippen LogP contribution in [0.25, 0.3) is 0 Å². The highest BCUT2D eigenvalue weighted by Gasteiger charge is 2.12. The van der Waals surface area contributed by atoms with Gasteiger partial charge in [-0.1, -0.05) is 32.4 Å². The van der Waals surface area contributed by atoms with Gasteiger partial charge < -0.3 is 15.7 Å². The predicted molar refractivity (Wildman–Crippen MR) is 76.9 cm³/mol. The molecule has 20 heavy (non-hydrogen) atoms. The summed E-state index contributed by atoms with van der Waals surface area (Å²) < 4.78 is 0. The Hall–Kier alpha value is -2.06. The zero-order valence-corrected chi connectivity index (χ0v) is 11.9. The summed E-state index contributed by atoms with van der Waals surface area (Å²) in [5, 5.41) is 23.8. The average Bonchev–Trinajstić information content (AvgIpc) is 2.50. The van der Waals surface area contributed by atoms with E-state index in [1.54, 1.807) is 24.3 Å². The summed E-state index contributed by atoms with van der Waals surface area (Å²) in [5.74, 6) is 0.161. The third-order valence-corrected chi connectivity index (χ3v) is 3.31. The van der Waals surface area contributed by atoms with Gasteiger partial charge in [-0.3, -0.25) is 0 Å². The van der Waals surface area contributed by atoms with Crippen molar-refractivity contribution in [3.8, 4) is 6.07 Å². The van der Waals surface area contributed by atoms with E-state index < -0.39 is 6.10 Å². The standard InChI is InChI=1S/C15H21N3O2/c1-3-11(2)14(19)10-18-15(20)17-9-13-6-4-12(8-16)5-7-13/h4-7,11,14,19H,3,9-10H2,1-2H3,(H2,17,18,20). The van der Waals surface area contributed by atoms with Crippen molar-refractivity contribution in [1.29, 1.82) is 5.26 Å². The minimum absolute atomic E-state index is 0.161. The summed E-state index contributed by atoms with van der Waals surface area (Å²) >= 11 is 0. The molecule has 2 unspecified atom stereocenters. The number of hydrogen-bond donors (Lipinski definition) is 3. The minimum atomic E-state index is -0.527. The lowest BCUT2D eigenvalue weighted by Crippen LogP contribution is -2.41. The van der Waals surface area contributed by atoms with E-state index in [-0.39, 0.29) is 18.5 Å². The number of rotatable bonds is 6. The van der Waals surface area contributed by atoms with E-state index in [0.29, 0.717) is 12.1 Å². The van der Waals surface area contributed by atoms with Gasteiger partial charge in [-0.25, -0.2) is 4.79 Å². The van der Waals surface area contributed by atoms with Crippen molar-refractivity contribution in [1.82, 2.24) is 10.6 Å². The highest BCUT2D eigenvalue weighted by molar-refractivity contribution is 5.73. The van der Waals surface area contributed by atoms with Crippen molar-refractivity contribution < 1.29 is 9.90 Å². The molecule has 0 aliphatic carbocycles. The van der Waals surface area contributed by atoms with Crippen molar-refractivity contribution >= 4 is 6.03 Å². The molecule has 0 aliphatic rings. The number of benzene rings is 1. The van der Waals surface area contributed by atoms with E-state index in [1.807, 2.05) is 19.9 Å². The second-order valence-electron chi connectivity index (χ2n) is 4.83. The van der Waals surface area contributed by atoms with Crippen molar-refractivity contribution in [3.63, 3.8) is 0 Å². The number of carbonyl (C=O) groups excluding carboxylic acids is 1. The average molecular weight is 275 g/mol. The van der Waals surface area contributed by atoms with Crippen LogP contribution in [-0.2, 0) is 6.54 Å². The lowest BCUT2D eigenvalue weighted by Gasteiger charge is -2.17. The van der Waals surface area contributed by atoms with Crippen LogP contribution in [0.1, 0.15) is 31.4 Å². The smallest absolute Gasteiger partial charge is 0.315 e. The maximum atomic E-state index is 11.6. The van der Waals surface area contributed by atoms with Crippen LogP contribution in [0, 0.1) is 17.2 Å². The highest BCUT2D eigenvalue weighted by Crippen LogP contribution is 2.06. The zero-order valence-electron chi connectivity index (χ0n) is 11.9. The predicted octanol–water partition coefficient (Wildman–Crippen LogP) is 1.76. The fourth-order valence-corrected chi connectivity index (χ4v) is 1.61. The van der Waals surface area contributed by atoms with Crippen LogP contribution in [-0.4, -0.2) is 23.8 Å². The lowest BCUT2D eigenvalue weighted by atomic mass is 10.0. The first kappa shape index (κ1) is 16.0. The highest BCUT2D eigenvalue weighted by atomic mass is 16.3. The molecule has 1 rings (SSSR count). The van der Waals surface area contributed by atoms with Crippen molar-refractivity contribution in [2.24, 2.45) is 5.92 Å². The van der Waals surface area contributed by atoms with E-state index in [1.165, 1.54) is 0 Å². The maximum absolute atomic E-state index is 11.6. The molecule has 1 aromatic rings. The van der Waals surface area contributed by atoms with Gasteiger partial charge in [0.15, 0.2) is 0 Å². The Balaban J connectivity index is 2.31. The third kappa shape index (κ3) is 5.29. The molecule has 0 saturated heterocycles. The first-order valence-corrected chi connectivity index (χ1v) is 6.75. The third-order valence-electron chi connectivity index (χ3n) is 3.31. The molecule has 0 aliphatic heterocycles. The SMILES string of the molecule is CCC(C)C(O)CNC(=O)NCc1ccc(C#N)cc1. The van der Waals surface area contributed by atoms with E-state index in [4.69, 9.17) is 5.26 Å². The summed E-state index contributed by atoms with van der Waals surface area (Å²) in [6, 6.07) is 8.75. The number of aliphatic hydroxyl groups excluding tert-OH is 1. The van der Waals surface area contributed by atoms with Gasteiger partial charge in [0.05, 0.1) is 17.7 Å². The second kappa shape index (κ2) is 8.18. The molecule has 108 valence electrons. The number of hydrogen-bond acceptors (Lipinski definition) is 3. The van der Waals surface area contributed by atoms with Crippen LogP contribution in [0.5, 0.6) is 0 Å². The quantitative estimate of drug-likeness (QED) is 0.739. The van der Waals surface area contributed by atoms with Crippen molar-refractivity contribution in [2.45, 2.75) is 32.9 Å². The number of urea groups is 1. The molecule has 5 nitrogen and oxygen atoms in total. The monoisotopic (exact) mass is 275 g/mol. The molecule has 0 spiro atoms. The fourth-order valence-electron chi connectivity index (χ4n) is 1.61. The molecule has 3 N–H and O–H groups in total. The van der Waals surface area contributed by atoms with Crippen LogP contribution < -0.4 is 10.6 Å². The topological polar surface area (TPSA) is 85.2 Å². The summed E-state index contributed by atoms with van der Waals surface area (Å²) in [5.41, 5.74) is 1.51. The lowest BCUT2D eigenvalue weighted by molar-refractivity contribution is 0.114. The number of nitrogens with zero attached hydrogens (tertiary/aromatic N) is 1. The molecular weight excluding hydrogens is 254 g/mol. The largest absolute Gasteiger partial charge is 0.391 e. The molecule has 5 heteroatoms. The summed E-state index contributed by atoms with van der Waals surface area (Å²) in [7, 11) is 0.